The highest BCUT2D eigenvalue weighted by molar-refractivity contribution is 14.1. The van der Waals surface area contributed by atoms with Gasteiger partial charge in [0.05, 0.1) is 9.26 Å². The Balaban J connectivity index is 2.06. The zero-order valence-electron chi connectivity index (χ0n) is 9.87. The minimum Gasteiger partial charge on any atom is -0.480 e. The number of hydrogen-bond donors (Lipinski definition) is 3. The topological polar surface area (TPSA) is 78.4 Å². The van der Waals surface area contributed by atoms with Crippen LogP contribution in [0.2, 0.25) is 0 Å². The summed E-state index contributed by atoms with van der Waals surface area (Å²) in [6.45, 7) is 0. The normalized spacial score (nSPS) is 16.3. The summed E-state index contributed by atoms with van der Waals surface area (Å²) in [5.74, 6) is -1.47. The zero-order chi connectivity index (χ0) is 14.0. The number of carboxylic acid groups (broad SMARTS) is 1. The van der Waals surface area contributed by atoms with E-state index in [2.05, 4.69) is 10.6 Å². The van der Waals surface area contributed by atoms with Crippen molar-refractivity contribution in [3.05, 3.63) is 27.6 Å². The van der Waals surface area contributed by atoms with E-state index in [1.165, 1.54) is 12.1 Å². The molecule has 5 nitrogen and oxygen atoms in total. The first kappa shape index (κ1) is 14.0. The van der Waals surface area contributed by atoms with Crippen LogP contribution in [0.4, 0.5) is 14.9 Å². The maximum Gasteiger partial charge on any atom is 0.329 e. The van der Waals surface area contributed by atoms with Crippen LogP contribution in [0.5, 0.6) is 0 Å². The van der Waals surface area contributed by atoms with Crippen molar-refractivity contribution in [2.24, 2.45) is 0 Å². The number of carboxylic acids is 1. The van der Waals surface area contributed by atoms with E-state index in [9.17, 15) is 14.0 Å². The van der Waals surface area contributed by atoms with E-state index in [0.29, 0.717) is 18.5 Å². The maximum atomic E-state index is 13.3. The monoisotopic (exact) mass is 378 g/mol. The van der Waals surface area contributed by atoms with Gasteiger partial charge in [-0.05, 0) is 54.0 Å². The van der Waals surface area contributed by atoms with E-state index in [0.717, 1.165) is 6.42 Å². The Morgan fingerprint density at radius 1 is 1.37 bits per heavy atom. The Morgan fingerprint density at radius 2 is 2.05 bits per heavy atom. The third kappa shape index (κ3) is 2.80. The smallest absolute Gasteiger partial charge is 0.329 e. The first-order valence-corrected chi connectivity index (χ1v) is 6.79. The quantitative estimate of drug-likeness (QED) is 0.708. The molecule has 0 bridgehead atoms. The van der Waals surface area contributed by atoms with Crippen LogP contribution < -0.4 is 10.6 Å². The number of carbonyl (C=O) groups excluding carboxylic acids is 1. The highest BCUT2D eigenvalue weighted by Gasteiger charge is 2.45. The van der Waals surface area contributed by atoms with Gasteiger partial charge in [-0.1, -0.05) is 6.07 Å². The van der Waals surface area contributed by atoms with Crippen molar-refractivity contribution in [3.8, 4) is 0 Å². The van der Waals surface area contributed by atoms with Crippen molar-refractivity contribution in [1.82, 2.24) is 5.32 Å². The number of rotatable bonds is 3. The van der Waals surface area contributed by atoms with E-state index >= 15 is 0 Å². The average Bonchev–Trinajstić information content (AvgIpc) is 2.29. The molecule has 0 unspecified atom stereocenters. The molecule has 1 fully saturated rings. The largest absolute Gasteiger partial charge is 0.480 e. The summed E-state index contributed by atoms with van der Waals surface area (Å²) in [6, 6.07) is 3.68. The van der Waals surface area contributed by atoms with Crippen LogP contribution in [0, 0.1) is 9.39 Å². The van der Waals surface area contributed by atoms with Gasteiger partial charge in [-0.3, -0.25) is 0 Å². The third-order valence-corrected chi connectivity index (χ3v) is 4.27. The second-order valence-corrected chi connectivity index (χ2v) is 5.50. The van der Waals surface area contributed by atoms with Crippen molar-refractivity contribution >= 4 is 40.3 Å². The van der Waals surface area contributed by atoms with E-state index in [1.54, 1.807) is 28.7 Å². The highest BCUT2D eigenvalue weighted by atomic mass is 127. The molecule has 0 heterocycles. The second-order valence-electron chi connectivity index (χ2n) is 4.42. The first-order valence-electron chi connectivity index (χ1n) is 5.71. The number of anilines is 1. The molecule has 0 aromatic heterocycles. The summed E-state index contributed by atoms with van der Waals surface area (Å²) in [5.41, 5.74) is -0.860. The van der Waals surface area contributed by atoms with Crippen molar-refractivity contribution < 1.29 is 19.1 Å². The Hall–Kier alpha value is -1.38. The molecule has 1 aliphatic rings. The summed E-state index contributed by atoms with van der Waals surface area (Å²) in [4.78, 5) is 22.9. The minimum atomic E-state index is -1.18. The number of halogens is 2. The summed E-state index contributed by atoms with van der Waals surface area (Å²) >= 11 is 1.78. The predicted molar refractivity (Wildman–Crippen MR) is 75.5 cm³/mol. The van der Waals surface area contributed by atoms with Crippen LogP contribution in [-0.2, 0) is 4.79 Å². The molecule has 1 aromatic rings. The van der Waals surface area contributed by atoms with Gasteiger partial charge < -0.3 is 15.7 Å². The molecule has 0 saturated heterocycles. The Morgan fingerprint density at radius 3 is 2.58 bits per heavy atom. The van der Waals surface area contributed by atoms with E-state index < -0.39 is 23.4 Å². The Kier molecular flexibility index (Phi) is 3.93. The number of amides is 2. The van der Waals surface area contributed by atoms with Crippen molar-refractivity contribution in [1.29, 1.82) is 0 Å². The van der Waals surface area contributed by atoms with Gasteiger partial charge in [0.1, 0.15) is 11.4 Å². The number of nitrogens with one attached hydrogen (secondary N) is 2. The summed E-state index contributed by atoms with van der Waals surface area (Å²) in [6.07, 6.45) is 1.59. The van der Waals surface area contributed by atoms with E-state index in [-0.39, 0.29) is 3.57 Å². The summed E-state index contributed by atoms with van der Waals surface area (Å²) in [7, 11) is 0. The lowest BCUT2D eigenvalue weighted by Gasteiger charge is -2.38. The van der Waals surface area contributed by atoms with Gasteiger partial charge in [0, 0.05) is 0 Å². The third-order valence-electron chi connectivity index (χ3n) is 3.17. The molecular weight excluding hydrogens is 366 g/mol. The van der Waals surface area contributed by atoms with E-state index in [4.69, 9.17) is 5.11 Å². The van der Waals surface area contributed by atoms with Gasteiger partial charge >= 0.3 is 12.0 Å². The molecular formula is C12H12FIN2O3. The van der Waals surface area contributed by atoms with Crippen LogP contribution >= 0.6 is 22.6 Å². The molecule has 1 saturated carbocycles. The Labute approximate surface area is 122 Å². The molecule has 2 rings (SSSR count). The van der Waals surface area contributed by atoms with Gasteiger partial charge in [-0.15, -0.1) is 0 Å². The Bertz CT molecular complexity index is 532. The second kappa shape index (κ2) is 5.32. The van der Waals surface area contributed by atoms with Crippen LogP contribution in [0.3, 0.4) is 0 Å². The lowest BCUT2D eigenvalue weighted by atomic mass is 9.77. The molecule has 1 aliphatic carbocycles. The van der Waals surface area contributed by atoms with Gasteiger partial charge in [0.25, 0.3) is 0 Å². The van der Waals surface area contributed by atoms with Crippen LogP contribution in [0.15, 0.2) is 18.2 Å². The van der Waals surface area contributed by atoms with Crippen LogP contribution in [0.1, 0.15) is 19.3 Å². The minimum absolute atomic E-state index is 0.285. The standard InChI is InChI=1S/C12H12FIN2O3/c13-7-3-1-4-8(9(7)14)15-11(19)16-12(10(17)18)5-2-6-12/h1,3-4H,2,5-6H2,(H,17,18)(H2,15,16,19). The number of aliphatic carboxylic acids is 1. The summed E-state index contributed by atoms with van der Waals surface area (Å²) < 4.78 is 13.6. The average molecular weight is 378 g/mol. The number of urea groups is 1. The maximum absolute atomic E-state index is 13.3. The lowest BCUT2D eigenvalue weighted by Crippen LogP contribution is -2.60. The van der Waals surface area contributed by atoms with Crippen molar-refractivity contribution in [3.63, 3.8) is 0 Å². The van der Waals surface area contributed by atoms with Gasteiger partial charge in [0.2, 0.25) is 0 Å². The predicted octanol–water partition coefficient (Wildman–Crippen LogP) is 2.56. The molecule has 102 valence electrons. The molecule has 0 radical (unpaired) electrons. The van der Waals surface area contributed by atoms with Gasteiger partial charge in [-0.2, -0.15) is 0 Å². The fourth-order valence-corrected chi connectivity index (χ4v) is 2.39. The zero-order valence-corrected chi connectivity index (χ0v) is 12.0. The van der Waals surface area contributed by atoms with E-state index in [1.807, 2.05) is 0 Å². The van der Waals surface area contributed by atoms with Crippen LogP contribution in [-0.4, -0.2) is 22.6 Å². The molecule has 0 spiro atoms. The van der Waals surface area contributed by atoms with Crippen molar-refractivity contribution in [2.45, 2.75) is 24.8 Å². The lowest BCUT2D eigenvalue weighted by molar-refractivity contribution is -0.148. The molecule has 0 atom stereocenters. The fourth-order valence-electron chi connectivity index (χ4n) is 1.89. The number of hydrogen-bond acceptors (Lipinski definition) is 2. The van der Waals surface area contributed by atoms with Gasteiger partial charge in [0.15, 0.2) is 0 Å². The first-order chi connectivity index (χ1) is 8.94. The van der Waals surface area contributed by atoms with Gasteiger partial charge in [-0.25, -0.2) is 14.0 Å². The molecule has 3 N–H and O–H groups in total. The SMILES string of the molecule is O=C(Nc1cccc(F)c1I)NC1(C(=O)O)CCC1. The van der Waals surface area contributed by atoms with Crippen molar-refractivity contribution in [2.75, 3.05) is 5.32 Å². The number of carbonyl (C=O) groups is 2. The molecule has 7 heteroatoms. The molecule has 1 aromatic carbocycles. The number of benzene rings is 1. The molecule has 19 heavy (non-hydrogen) atoms. The molecule has 0 aliphatic heterocycles. The summed E-state index contributed by atoms with van der Waals surface area (Å²) in [5, 5.41) is 14.0. The fraction of sp³-hybridized carbons (Fsp3) is 0.333. The van der Waals surface area contributed by atoms with Crippen LogP contribution in [0.25, 0.3) is 0 Å². The highest BCUT2D eigenvalue weighted by Crippen LogP contribution is 2.32. The molecule has 2 amide bonds.